The highest BCUT2D eigenvalue weighted by molar-refractivity contribution is 5.79. The zero-order valence-electron chi connectivity index (χ0n) is 17.6. The SMILES string of the molecule is C(#Cc1ccc(-c2nc3ccccc3[nH]2)cc1)CCN1CCN(c2ccccc2)CC1. The lowest BCUT2D eigenvalue weighted by Gasteiger charge is -2.35. The van der Waals surface area contributed by atoms with E-state index in [-0.39, 0.29) is 0 Å². The number of piperazine rings is 1. The highest BCUT2D eigenvalue weighted by Crippen LogP contribution is 2.20. The number of benzene rings is 3. The van der Waals surface area contributed by atoms with Crippen molar-refractivity contribution in [3.05, 3.63) is 84.4 Å². The van der Waals surface area contributed by atoms with E-state index in [1.165, 1.54) is 5.69 Å². The number of fused-ring (bicyclic) bond motifs is 1. The standard InChI is InChI=1S/C27H26N4/c1-2-9-24(10-3-1)31-20-18-30(19-21-31)17-7-6-8-22-13-15-23(16-14-22)27-28-25-11-4-5-12-26(25)29-27/h1-5,9-16H,7,17-21H2,(H,28,29). The van der Waals surface area contributed by atoms with Crippen molar-refractivity contribution in [2.24, 2.45) is 0 Å². The van der Waals surface area contributed by atoms with Crippen molar-refractivity contribution >= 4 is 16.7 Å². The first kappa shape index (κ1) is 19.4. The molecular weight excluding hydrogens is 380 g/mol. The second-order valence-electron chi connectivity index (χ2n) is 7.90. The predicted molar refractivity (Wildman–Crippen MR) is 128 cm³/mol. The van der Waals surface area contributed by atoms with Gasteiger partial charge in [-0.05, 0) is 36.4 Å². The number of anilines is 1. The van der Waals surface area contributed by atoms with Crippen LogP contribution in [0.25, 0.3) is 22.4 Å². The van der Waals surface area contributed by atoms with E-state index < -0.39 is 0 Å². The van der Waals surface area contributed by atoms with Gasteiger partial charge in [0.25, 0.3) is 0 Å². The van der Waals surface area contributed by atoms with E-state index in [0.717, 1.165) is 67.1 Å². The van der Waals surface area contributed by atoms with Crippen LogP contribution in [-0.4, -0.2) is 47.6 Å². The number of imidazole rings is 1. The van der Waals surface area contributed by atoms with Crippen molar-refractivity contribution in [2.75, 3.05) is 37.6 Å². The molecule has 0 atom stereocenters. The summed E-state index contributed by atoms with van der Waals surface area (Å²) in [5, 5.41) is 0. The van der Waals surface area contributed by atoms with Crippen LogP contribution >= 0.6 is 0 Å². The van der Waals surface area contributed by atoms with Crippen molar-refractivity contribution < 1.29 is 0 Å². The molecule has 1 N–H and O–H groups in total. The first-order valence-corrected chi connectivity index (χ1v) is 10.9. The predicted octanol–water partition coefficient (Wildman–Crippen LogP) is 4.79. The molecule has 0 aliphatic carbocycles. The maximum Gasteiger partial charge on any atom is 0.138 e. The Bertz CT molecular complexity index is 1160. The van der Waals surface area contributed by atoms with Gasteiger partial charge in [-0.3, -0.25) is 4.90 Å². The molecule has 1 aromatic heterocycles. The molecule has 1 fully saturated rings. The summed E-state index contributed by atoms with van der Waals surface area (Å²) in [6.45, 7) is 5.40. The summed E-state index contributed by atoms with van der Waals surface area (Å²) in [5.74, 6) is 7.55. The molecule has 0 saturated carbocycles. The van der Waals surface area contributed by atoms with Crippen LogP contribution < -0.4 is 4.90 Å². The number of hydrogen-bond donors (Lipinski definition) is 1. The molecule has 0 radical (unpaired) electrons. The average Bonchev–Trinajstić information content (AvgIpc) is 3.28. The molecule has 0 spiro atoms. The number of nitrogens with zero attached hydrogens (tertiary/aromatic N) is 3. The Hall–Kier alpha value is -3.55. The summed E-state index contributed by atoms with van der Waals surface area (Å²) in [4.78, 5) is 13.0. The van der Waals surface area contributed by atoms with Crippen molar-refractivity contribution in [1.29, 1.82) is 0 Å². The molecule has 154 valence electrons. The number of aromatic amines is 1. The van der Waals surface area contributed by atoms with Crippen LogP contribution in [-0.2, 0) is 0 Å². The Morgan fingerprint density at radius 2 is 1.55 bits per heavy atom. The van der Waals surface area contributed by atoms with Gasteiger partial charge in [0.05, 0.1) is 11.0 Å². The van der Waals surface area contributed by atoms with Crippen LogP contribution in [0.4, 0.5) is 5.69 Å². The van der Waals surface area contributed by atoms with Gasteiger partial charge in [-0.25, -0.2) is 4.98 Å². The third-order valence-electron chi connectivity index (χ3n) is 5.83. The van der Waals surface area contributed by atoms with Crippen LogP contribution in [0.5, 0.6) is 0 Å². The smallest absolute Gasteiger partial charge is 0.138 e. The van der Waals surface area contributed by atoms with Crippen molar-refractivity contribution in [1.82, 2.24) is 14.9 Å². The van der Waals surface area contributed by atoms with Gasteiger partial charge in [0.2, 0.25) is 0 Å². The quantitative estimate of drug-likeness (QED) is 0.495. The summed E-state index contributed by atoms with van der Waals surface area (Å²) in [7, 11) is 0. The fourth-order valence-electron chi connectivity index (χ4n) is 4.05. The van der Waals surface area contributed by atoms with Gasteiger partial charge in [0.1, 0.15) is 5.82 Å². The third-order valence-corrected chi connectivity index (χ3v) is 5.83. The molecule has 4 aromatic rings. The van der Waals surface area contributed by atoms with Crippen molar-refractivity contribution in [3.63, 3.8) is 0 Å². The molecule has 3 aromatic carbocycles. The first-order chi connectivity index (χ1) is 15.3. The minimum Gasteiger partial charge on any atom is -0.369 e. The number of aromatic nitrogens is 2. The van der Waals surface area contributed by atoms with Gasteiger partial charge in [0, 0.05) is 56.0 Å². The second-order valence-corrected chi connectivity index (χ2v) is 7.90. The van der Waals surface area contributed by atoms with Crippen LogP contribution in [0, 0.1) is 11.8 Å². The van der Waals surface area contributed by atoms with E-state index in [1.54, 1.807) is 0 Å². The van der Waals surface area contributed by atoms with E-state index >= 15 is 0 Å². The second kappa shape index (κ2) is 9.07. The van der Waals surface area contributed by atoms with Crippen LogP contribution in [0.1, 0.15) is 12.0 Å². The lowest BCUT2D eigenvalue weighted by molar-refractivity contribution is 0.264. The normalized spacial score (nSPS) is 14.4. The number of nitrogens with one attached hydrogen (secondary N) is 1. The minimum absolute atomic E-state index is 0.898. The summed E-state index contributed by atoms with van der Waals surface area (Å²) in [6, 6.07) is 27.1. The Balaban J connectivity index is 1.12. The average molecular weight is 407 g/mol. The molecule has 5 rings (SSSR count). The zero-order valence-corrected chi connectivity index (χ0v) is 17.6. The molecule has 31 heavy (non-hydrogen) atoms. The molecule has 4 heteroatoms. The molecule has 0 unspecified atom stereocenters. The maximum atomic E-state index is 4.66. The Labute approximate surface area is 183 Å². The van der Waals surface area contributed by atoms with E-state index in [1.807, 2.05) is 24.3 Å². The van der Waals surface area contributed by atoms with Gasteiger partial charge >= 0.3 is 0 Å². The first-order valence-electron chi connectivity index (χ1n) is 10.9. The molecule has 1 aliphatic heterocycles. The molecule has 0 amide bonds. The molecule has 4 nitrogen and oxygen atoms in total. The summed E-state index contributed by atoms with van der Waals surface area (Å²) >= 11 is 0. The highest BCUT2D eigenvalue weighted by atomic mass is 15.3. The largest absolute Gasteiger partial charge is 0.369 e. The molecular formula is C27H26N4. The van der Waals surface area contributed by atoms with Gasteiger partial charge in [-0.1, -0.05) is 54.3 Å². The maximum absolute atomic E-state index is 4.66. The summed E-state index contributed by atoms with van der Waals surface area (Å²) < 4.78 is 0. The van der Waals surface area contributed by atoms with Crippen LogP contribution in [0.3, 0.4) is 0 Å². The topological polar surface area (TPSA) is 35.2 Å². The Morgan fingerprint density at radius 1 is 0.806 bits per heavy atom. The van der Waals surface area contributed by atoms with Gasteiger partial charge < -0.3 is 9.88 Å². The van der Waals surface area contributed by atoms with Gasteiger partial charge in [-0.2, -0.15) is 0 Å². The minimum atomic E-state index is 0.898. The number of hydrogen-bond acceptors (Lipinski definition) is 3. The fraction of sp³-hybridized carbons (Fsp3) is 0.222. The number of rotatable bonds is 4. The lowest BCUT2D eigenvalue weighted by atomic mass is 10.1. The Morgan fingerprint density at radius 3 is 2.32 bits per heavy atom. The molecule has 1 saturated heterocycles. The molecule has 1 aliphatic rings. The highest BCUT2D eigenvalue weighted by Gasteiger charge is 2.16. The summed E-state index contributed by atoms with van der Waals surface area (Å²) in [5.41, 5.74) is 5.51. The monoisotopic (exact) mass is 406 g/mol. The summed E-state index contributed by atoms with van der Waals surface area (Å²) in [6.07, 6.45) is 0.899. The lowest BCUT2D eigenvalue weighted by Crippen LogP contribution is -2.46. The molecule has 0 bridgehead atoms. The zero-order chi connectivity index (χ0) is 20.9. The van der Waals surface area contributed by atoms with Crippen LogP contribution in [0.2, 0.25) is 0 Å². The van der Waals surface area contributed by atoms with Crippen molar-refractivity contribution in [2.45, 2.75) is 6.42 Å². The number of H-pyrrole nitrogens is 1. The fourth-order valence-corrected chi connectivity index (χ4v) is 4.05. The van der Waals surface area contributed by atoms with E-state index in [4.69, 9.17) is 0 Å². The van der Waals surface area contributed by atoms with Gasteiger partial charge in [-0.15, -0.1) is 0 Å². The van der Waals surface area contributed by atoms with E-state index in [2.05, 4.69) is 86.2 Å². The third kappa shape index (κ3) is 4.63. The van der Waals surface area contributed by atoms with Gasteiger partial charge in [0.15, 0.2) is 0 Å². The van der Waals surface area contributed by atoms with E-state index in [9.17, 15) is 0 Å². The number of para-hydroxylation sites is 3. The van der Waals surface area contributed by atoms with Crippen LogP contribution in [0.15, 0.2) is 78.9 Å². The van der Waals surface area contributed by atoms with E-state index in [0.29, 0.717) is 0 Å². The Kier molecular flexibility index (Phi) is 5.68. The van der Waals surface area contributed by atoms with Crippen molar-refractivity contribution in [3.8, 4) is 23.2 Å². The molecule has 2 heterocycles.